The summed E-state index contributed by atoms with van der Waals surface area (Å²) in [5, 5.41) is 7.69. The van der Waals surface area contributed by atoms with E-state index in [9.17, 15) is 18.4 Å². The molecule has 2 rings (SSSR count). The average Bonchev–Trinajstić information content (AvgIpc) is 2.66. The van der Waals surface area contributed by atoms with E-state index in [0.717, 1.165) is 11.1 Å². The monoisotopic (exact) mass is 377 g/mol. The van der Waals surface area contributed by atoms with E-state index in [1.165, 1.54) is 19.2 Å². The molecule has 0 fully saturated rings. The van der Waals surface area contributed by atoms with Crippen LogP contribution in [0.3, 0.4) is 0 Å². The van der Waals surface area contributed by atoms with Gasteiger partial charge in [-0.2, -0.15) is 8.78 Å². The molecule has 0 heterocycles. The third kappa shape index (κ3) is 6.03. The van der Waals surface area contributed by atoms with Gasteiger partial charge < -0.3 is 10.1 Å². The molecule has 0 saturated carbocycles. The summed E-state index contributed by atoms with van der Waals surface area (Å²) >= 11 is 0. The first kappa shape index (κ1) is 20.3. The third-order valence-electron chi connectivity index (χ3n) is 3.85. The van der Waals surface area contributed by atoms with E-state index in [4.69, 9.17) is 0 Å². The molecule has 0 radical (unpaired) electrons. The van der Waals surface area contributed by atoms with Crippen LogP contribution in [0.5, 0.6) is 5.75 Å². The number of urea groups is 1. The van der Waals surface area contributed by atoms with Gasteiger partial charge in [0.15, 0.2) is 0 Å². The number of nitrogens with one attached hydrogen (secondary N) is 3. The summed E-state index contributed by atoms with van der Waals surface area (Å²) in [6, 6.07) is 13.8. The van der Waals surface area contributed by atoms with Crippen molar-refractivity contribution in [2.24, 2.45) is 0 Å². The fraction of sp³-hybridized carbons (Fsp3) is 0.263. The Morgan fingerprint density at radius 3 is 2.11 bits per heavy atom. The highest BCUT2D eigenvalue weighted by Gasteiger charge is 2.22. The minimum absolute atomic E-state index is 0.0472. The first-order valence-corrected chi connectivity index (χ1v) is 8.29. The maximum atomic E-state index is 12.3. The Morgan fingerprint density at radius 1 is 0.963 bits per heavy atom. The van der Waals surface area contributed by atoms with E-state index in [1.54, 1.807) is 19.1 Å². The van der Waals surface area contributed by atoms with E-state index in [-0.39, 0.29) is 5.75 Å². The van der Waals surface area contributed by atoms with Crippen molar-refractivity contribution in [3.8, 4) is 5.75 Å². The molecule has 3 amide bonds. The molecule has 2 atom stereocenters. The van der Waals surface area contributed by atoms with Gasteiger partial charge in [-0.15, -0.1) is 0 Å². The molecule has 0 unspecified atom stereocenters. The van der Waals surface area contributed by atoms with E-state index in [2.05, 4.69) is 20.7 Å². The van der Waals surface area contributed by atoms with Gasteiger partial charge in [0.25, 0.3) is 0 Å². The van der Waals surface area contributed by atoms with Crippen LogP contribution in [0, 0.1) is 0 Å². The Bertz CT molecular complexity index is 755. The first-order chi connectivity index (χ1) is 12.9. The smallest absolute Gasteiger partial charge is 0.387 e. The van der Waals surface area contributed by atoms with E-state index < -0.39 is 30.6 Å². The standard InChI is InChI=1S/C19H21F2N3O3/c1-12(17(25)24-19(26)22-2)23-16(13-6-4-3-5-7-13)14-8-10-15(11-9-14)27-18(20)21/h3-12,16,18,23H,1-2H3,(H2,22,24,25,26)/t12-,16+/m0/s1. The van der Waals surface area contributed by atoms with Crippen LogP contribution in [0.25, 0.3) is 0 Å². The SMILES string of the molecule is CNC(=O)NC(=O)[C@H](C)N[C@H](c1ccccc1)c1ccc(OC(F)F)cc1. The van der Waals surface area contributed by atoms with E-state index >= 15 is 0 Å². The number of hydrogen-bond acceptors (Lipinski definition) is 4. The van der Waals surface area contributed by atoms with Crippen LogP contribution in [0.15, 0.2) is 54.6 Å². The number of carbonyl (C=O) groups is 2. The lowest BCUT2D eigenvalue weighted by atomic mass is 9.97. The molecule has 0 aromatic heterocycles. The van der Waals surface area contributed by atoms with E-state index in [0.29, 0.717) is 0 Å². The maximum absolute atomic E-state index is 12.3. The number of halogens is 2. The van der Waals surface area contributed by atoms with Gasteiger partial charge in [-0.25, -0.2) is 4.79 Å². The largest absolute Gasteiger partial charge is 0.435 e. The zero-order chi connectivity index (χ0) is 19.8. The minimum atomic E-state index is -2.90. The van der Waals surface area contributed by atoms with Gasteiger partial charge in [-0.1, -0.05) is 42.5 Å². The second-order valence-corrected chi connectivity index (χ2v) is 5.75. The zero-order valence-corrected chi connectivity index (χ0v) is 14.9. The molecule has 3 N–H and O–H groups in total. The number of amides is 3. The Morgan fingerprint density at radius 2 is 1.56 bits per heavy atom. The summed E-state index contributed by atoms with van der Waals surface area (Å²) in [6.45, 7) is -1.27. The lowest BCUT2D eigenvalue weighted by molar-refractivity contribution is -0.121. The van der Waals surface area contributed by atoms with Crippen LogP contribution in [-0.2, 0) is 4.79 Å². The lowest BCUT2D eigenvalue weighted by Gasteiger charge is -2.24. The molecule has 0 aliphatic rings. The van der Waals surface area contributed by atoms with Crippen molar-refractivity contribution >= 4 is 11.9 Å². The Kier molecular flexibility index (Phi) is 7.25. The zero-order valence-electron chi connectivity index (χ0n) is 14.9. The average molecular weight is 377 g/mol. The van der Waals surface area contributed by atoms with Crippen molar-refractivity contribution in [3.63, 3.8) is 0 Å². The molecule has 0 saturated heterocycles. The Labute approximate surface area is 155 Å². The highest BCUT2D eigenvalue weighted by Crippen LogP contribution is 2.25. The summed E-state index contributed by atoms with van der Waals surface area (Å²) in [5.74, 6) is -0.445. The van der Waals surface area contributed by atoms with Crippen LogP contribution in [0.2, 0.25) is 0 Å². The molecule has 8 heteroatoms. The fourth-order valence-corrected chi connectivity index (χ4v) is 2.48. The maximum Gasteiger partial charge on any atom is 0.387 e. The predicted molar refractivity (Wildman–Crippen MR) is 96.6 cm³/mol. The van der Waals surface area contributed by atoms with Gasteiger partial charge in [0, 0.05) is 7.05 Å². The second-order valence-electron chi connectivity index (χ2n) is 5.75. The van der Waals surface area contributed by atoms with Gasteiger partial charge in [-0.3, -0.25) is 15.4 Å². The normalized spacial score (nSPS) is 12.9. The topological polar surface area (TPSA) is 79.5 Å². The molecule has 2 aromatic carbocycles. The molecule has 2 aromatic rings. The molecule has 0 aliphatic carbocycles. The molecule has 0 bridgehead atoms. The minimum Gasteiger partial charge on any atom is -0.435 e. The van der Waals surface area contributed by atoms with E-state index in [1.807, 2.05) is 30.3 Å². The fourth-order valence-electron chi connectivity index (χ4n) is 2.48. The molecule has 6 nitrogen and oxygen atoms in total. The summed E-state index contributed by atoms with van der Waals surface area (Å²) in [7, 11) is 1.41. The Balaban J connectivity index is 2.22. The van der Waals surface area contributed by atoms with Crippen LogP contribution in [-0.4, -0.2) is 31.6 Å². The predicted octanol–water partition coefficient (Wildman–Crippen LogP) is 2.81. The molecule has 27 heavy (non-hydrogen) atoms. The van der Waals surface area contributed by atoms with Gasteiger partial charge >= 0.3 is 12.6 Å². The van der Waals surface area contributed by atoms with Crippen LogP contribution >= 0.6 is 0 Å². The summed E-state index contributed by atoms with van der Waals surface area (Å²) in [4.78, 5) is 23.5. The number of carbonyl (C=O) groups excluding carboxylic acids is 2. The highest BCUT2D eigenvalue weighted by molar-refractivity contribution is 5.96. The molecule has 0 spiro atoms. The lowest BCUT2D eigenvalue weighted by Crippen LogP contribution is -2.48. The van der Waals surface area contributed by atoms with Crippen molar-refractivity contribution in [2.75, 3.05) is 7.05 Å². The van der Waals surface area contributed by atoms with Crippen molar-refractivity contribution in [1.29, 1.82) is 0 Å². The van der Waals surface area contributed by atoms with Gasteiger partial charge in [0.2, 0.25) is 5.91 Å². The Hall–Kier alpha value is -3.00. The number of benzene rings is 2. The first-order valence-electron chi connectivity index (χ1n) is 8.29. The van der Waals surface area contributed by atoms with Crippen LogP contribution in [0.1, 0.15) is 24.1 Å². The van der Waals surface area contributed by atoms with Gasteiger partial charge in [-0.05, 0) is 30.2 Å². The summed E-state index contributed by atoms with van der Waals surface area (Å²) < 4.78 is 29.0. The van der Waals surface area contributed by atoms with Crippen LogP contribution in [0.4, 0.5) is 13.6 Å². The number of imide groups is 1. The third-order valence-corrected chi connectivity index (χ3v) is 3.85. The number of rotatable bonds is 7. The highest BCUT2D eigenvalue weighted by atomic mass is 19.3. The molecular weight excluding hydrogens is 356 g/mol. The molecular formula is C19H21F2N3O3. The number of hydrogen-bond donors (Lipinski definition) is 3. The van der Waals surface area contributed by atoms with Crippen molar-refractivity contribution < 1.29 is 23.1 Å². The van der Waals surface area contributed by atoms with Crippen molar-refractivity contribution in [1.82, 2.24) is 16.0 Å². The molecule has 144 valence electrons. The number of alkyl halides is 2. The quantitative estimate of drug-likeness (QED) is 0.693. The second kappa shape index (κ2) is 9.63. The summed E-state index contributed by atoms with van der Waals surface area (Å²) in [6.07, 6.45) is 0. The molecule has 0 aliphatic heterocycles. The van der Waals surface area contributed by atoms with Crippen molar-refractivity contribution in [2.45, 2.75) is 25.6 Å². The summed E-state index contributed by atoms with van der Waals surface area (Å²) in [5.41, 5.74) is 1.63. The van der Waals surface area contributed by atoms with Gasteiger partial charge in [0.05, 0.1) is 12.1 Å². The van der Waals surface area contributed by atoms with Crippen molar-refractivity contribution in [3.05, 3.63) is 65.7 Å². The number of ether oxygens (including phenoxy) is 1. The van der Waals surface area contributed by atoms with Crippen LogP contribution < -0.4 is 20.7 Å². The van der Waals surface area contributed by atoms with Gasteiger partial charge in [0.1, 0.15) is 5.75 Å².